The van der Waals surface area contributed by atoms with Crippen molar-refractivity contribution in [2.24, 2.45) is 5.73 Å². The predicted molar refractivity (Wildman–Crippen MR) is 61.4 cm³/mol. The molecule has 0 aliphatic heterocycles. The van der Waals surface area contributed by atoms with Crippen molar-refractivity contribution in [3.8, 4) is 0 Å². The van der Waals surface area contributed by atoms with Gasteiger partial charge in [-0.1, -0.05) is 29.3 Å². The molecule has 74 valence electrons. The summed E-state index contributed by atoms with van der Waals surface area (Å²) in [5, 5.41) is 0.797. The van der Waals surface area contributed by atoms with Gasteiger partial charge in [0.15, 0.2) is 0 Å². The van der Waals surface area contributed by atoms with Gasteiger partial charge >= 0.3 is 0 Å². The second kappa shape index (κ2) is 3.76. The summed E-state index contributed by atoms with van der Waals surface area (Å²) < 4.78 is 0. The average Bonchev–Trinajstić information content (AvgIpc) is 2.16. The molecule has 0 saturated carbocycles. The van der Waals surface area contributed by atoms with Crippen LogP contribution in [0.3, 0.4) is 0 Å². The van der Waals surface area contributed by atoms with Gasteiger partial charge in [0.05, 0.1) is 0 Å². The minimum absolute atomic E-state index is 0.155. The number of hydrogen-bond donors (Lipinski definition) is 1. The van der Waals surface area contributed by atoms with Crippen molar-refractivity contribution >= 4 is 17.7 Å². The summed E-state index contributed by atoms with van der Waals surface area (Å²) in [6.07, 6.45) is 4.33. The quantitative estimate of drug-likeness (QED) is 0.753. The summed E-state index contributed by atoms with van der Waals surface area (Å²) in [7, 11) is 0. The fraction of sp³-hybridized carbons (Fsp3) is 0.333. The maximum absolute atomic E-state index is 5.94. The molecule has 1 aromatic carbocycles. The Hall–Kier alpha value is -0.790. The highest BCUT2D eigenvalue weighted by Crippen LogP contribution is 2.27. The summed E-state index contributed by atoms with van der Waals surface area (Å²) in [5.41, 5.74) is 9.79. The van der Waals surface area contributed by atoms with Crippen LogP contribution in [0.4, 0.5) is 0 Å². The van der Waals surface area contributed by atoms with Gasteiger partial charge in [-0.05, 0) is 43.0 Å². The molecule has 0 bridgehead atoms. The van der Waals surface area contributed by atoms with Crippen molar-refractivity contribution in [1.29, 1.82) is 0 Å². The van der Waals surface area contributed by atoms with Crippen LogP contribution >= 0.6 is 11.6 Å². The molecular weight excluding hydrogens is 194 g/mol. The van der Waals surface area contributed by atoms with E-state index < -0.39 is 0 Å². The van der Waals surface area contributed by atoms with E-state index in [1.54, 1.807) is 0 Å². The first-order chi connectivity index (χ1) is 6.66. The summed E-state index contributed by atoms with van der Waals surface area (Å²) >= 11 is 5.94. The van der Waals surface area contributed by atoms with E-state index >= 15 is 0 Å². The van der Waals surface area contributed by atoms with Gasteiger partial charge in [0.1, 0.15) is 0 Å². The standard InChI is InChI=1S/C12H14ClN/c1-8(14)10-3-2-9-4-5-12(13)7-11(9)6-10/h4-8H,2-3,14H2,1H3. The maximum atomic E-state index is 5.94. The summed E-state index contributed by atoms with van der Waals surface area (Å²) in [6, 6.07) is 6.22. The van der Waals surface area contributed by atoms with Crippen LogP contribution in [0.25, 0.3) is 6.08 Å². The van der Waals surface area contributed by atoms with Crippen LogP contribution in [0.15, 0.2) is 23.8 Å². The van der Waals surface area contributed by atoms with Crippen LogP contribution in [0.5, 0.6) is 0 Å². The Balaban J connectivity index is 2.42. The number of aryl methyl sites for hydroxylation is 1. The van der Waals surface area contributed by atoms with E-state index in [1.165, 1.54) is 16.7 Å². The van der Waals surface area contributed by atoms with Crippen LogP contribution in [0.2, 0.25) is 5.02 Å². The molecule has 0 saturated heterocycles. The number of nitrogens with two attached hydrogens (primary N) is 1. The van der Waals surface area contributed by atoms with E-state index in [4.69, 9.17) is 17.3 Å². The molecule has 0 aromatic heterocycles. The van der Waals surface area contributed by atoms with Crippen molar-refractivity contribution < 1.29 is 0 Å². The molecule has 2 heteroatoms. The zero-order valence-corrected chi connectivity index (χ0v) is 9.01. The van der Waals surface area contributed by atoms with Gasteiger partial charge in [-0.2, -0.15) is 0 Å². The summed E-state index contributed by atoms with van der Waals surface area (Å²) in [5.74, 6) is 0. The molecule has 0 fully saturated rings. The minimum Gasteiger partial charge on any atom is -0.324 e. The first-order valence-corrected chi connectivity index (χ1v) is 5.29. The van der Waals surface area contributed by atoms with E-state index in [0.29, 0.717) is 0 Å². The van der Waals surface area contributed by atoms with E-state index in [-0.39, 0.29) is 6.04 Å². The first kappa shape index (κ1) is 9.75. The molecule has 0 heterocycles. The molecule has 0 amide bonds. The van der Waals surface area contributed by atoms with Crippen LogP contribution in [-0.4, -0.2) is 6.04 Å². The lowest BCUT2D eigenvalue weighted by Crippen LogP contribution is -2.20. The Kier molecular flexibility index (Phi) is 2.62. The minimum atomic E-state index is 0.155. The Bertz CT molecular complexity index is 380. The van der Waals surface area contributed by atoms with Gasteiger partial charge in [0.2, 0.25) is 0 Å². The highest BCUT2D eigenvalue weighted by Gasteiger charge is 2.12. The molecular formula is C12H14ClN. The van der Waals surface area contributed by atoms with Gasteiger partial charge in [-0.3, -0.25) is 0 Å². The largest absolute Gasteiger partial charge is 0.324 e. The fourth-order valence-corrected chi connectivity index (χ4v) is 2.02. The lowest BCUT2D eigenvalue weighted by molar-refractivity contribution is 0.777. The van der Waals surface area contributed by atoms with Gasteiger partial charge < -0.3 is 5.73 Å². The molecule has 1 aliphatic carbocycles. The molecule has 1 nitrogen and oxygen atoms in total. The molecule has 2 N–H and O–H groups in total. The second-order valence-corrected chi connectivity index (χ2v) is 4.29. The number of fused-ring (bicyclic) bond motifs is 1. The van der Waals surface area contributed by atoms with Crippen LogP contribution < -0.4 is 5.73 Å². The van der Waals surface area contributed by atoms with Crippen molar-refractivity contribution in [2.45, 2.75) is 25.8 Å². The zero-order valence-electron chi connectivity index (χ0n) is 8.26. The van der Waals surface area contributed by atoms with Crippen LogP contribution in [-0.2, 0) is 6.42 Å². The van der Waals surface area contributed by atoms with Gasteiger partial charge in [-0.15, -0.1) is 0 Å². The van der Waals surface area contributed by atoms with Gasteiger partial charge in [0, 0.05) is 11.1 Å². The van der Waals surface area contributed by atoms with Crippen molar-refractivity contribution in [1.82, 2.24) is 0 Å². The third-order valence-corrected chi connectivity index (χ3v) is 2.95. The third kappa shape index (κ3) is 1.84. The third-order valence-electron chi connectivity index (χ3n) is 2.72. The van der Waals surface area contributed by atoms with E-state index in [0.717, 1.165) is 17.9 Å². The number of hydrogen-bond acceptors (Lipinski definition) is 1. The highest BCUT2D eigenvalue weighted by molar-refractivity contribution is 6.30. The number of rotatable bonds is 1. The predicted octanol–water partition coefficient (Wildman–Crippen LogP) is 3.02. The van der Waals surface area contributed by atoms with E-state index in [9.17, 15) is 0 Å². The summed E-state index contributed by atoms with van der Waals surface area (Å²) in [6.45, 7) is 2.03. The van der Waals surface area contributed by atoms with Gasteiger partial charge in [-0.25, -0.2) is 0 Å². The van der Waals surface area contributed by atoms with Crippen LogP contribution in [0, 0.1) is 0 Å². The van der Waals surface area contributed by atoms with Gasteiger partial charge in [0.25, 0.3) is 0 Å². The molecule has 1 aliphatic rings. The Morgan fingerprint density at radius 3 is 2.86 bits per heavy atom. The SMILES string of the molecule is CC(N)C1=Cc2cc(Cl)ccc2CC1. The maximum Gasteiger partial charge on any atom is 0.0412 e. The summed E-state index contributed by atoms with van der Waals surface area (Å²) in [4.78, 5) is 0. The Labute approximate surface area is 89.6 Å². The van der Waals surface area contributed by atoms with Crippen molar-refractivity contribution in [3.05, 3.63) is 39.9 Å². The first-order valence-electron chi connectivity index (χ1n) is 4.91. The van der Waals surface area contributed by atoms with Crippen molar-refractivity contribution in [2.75, 3.05) is 0 Å². The Morgan fingerprint density at radius 1 is 1.36 bits per heavy atom. The smallest absolute Gasteiger partial charge is 0.0412 e. The van der Waals surface area contributed by atoms with E-state index in [2.05, 4.69) is 12.1 Å². The lowest BCUT2D eigenvalue weighted by atomic mass is 9.89. The molecule has 1 unspecified atom stereocenters. The number of halogens is 1. The average molecular weight is 208 g/mol. The molecule has 1 atom stereocenters. The molecule has 2 rings (SSSR count). The van der Waals surface area contributed by atoms with Crippen molar-refractivity contribution in [3.63, 3.8) is 0 Å². The number of benzene rings is 1. The molecule has 0 radical (unpaired) electrons. The monoisotopic (exact) mass is 207 g/mol. The second-order valence-electron chi connectivity index (χ2n) is 3.85. The topological polar surface area (TPSA) is 26.0 Å². The van der Waals surface area contributed by atoms with E-state index in [1.807, 2.05) is 19.1 Å². The normalized spacial score (nSPS) is 17.2. The zero-order chi connectivity index (χ0) is 10.1. The Morgan fingerprint density at radius 2 is 2.14 bits per heavy atom. The highest BCUT2D eigenvalue weighted by atomic mass is 35.5. The molecule has 14 heavy (non-hydrogen) atoms. The fourth-order valence-electron chi connectivity index (χ4n) is 1.84. The molecule has 0 spiro atoms. The van der Waals surface area contributed by atoms with Crippen LogP contribution in [0.1, 0.15) is 24.5 Å². The lowest BCUT2D eigenvalue weighted by Gasteiger charge is -2.19. The molecule has 1 aromatic rings.